The summed E-state index contributed by atoms with van der Waals surface area (Å²) in [5, 5.41) is 50.7. The fraction of sp³-hybridized carbons (Fsp3) is 0.509. The maximum Gasteiger partial charge on any atom is 0.271 e. The SMILES string of the molecule is Cc1c(N)nc([C@H](CC(N)=O)NC[C@H](N)C(N)=O)nc1C(=O)N[C@@H](Cc1cnc[nH]1)C(=O)N[C@H](Cc1ccccc1)[C@@H](O)[C@H](C)C(=O)N[C@H](C(=O)NCCc1nc(-c2nc(C(=O)NCCCNCCCCNCCCN)cs2)cs1)[C@@H](C)O. The summed E-state index contributed by atoms with van der Waals surface area (Å²) in [5.41, 5.74) is 30.2. The molecule has 4 heterocycles. The number of nitrogens with zero attached hydrogens (tertiary/aromatic N) is 5. The molecular weight excluding hydrogens is 1110 g/mol. The molecule has 30 heteroatoms. The topological polar surface area (TPSA) is 467 Å². The van der Waals surface area contributed by atoms with Gasteiger partial charge < -0.3 is 86.4 Å². The van der Waals surface area contributed by atoms with E-state index in [9.17, 15) is 43.8 Å². The fourth-order valence-corrected chi connectivity index (χ4v) is 9.93. The predicted octanol–water partition coefficient (Wildman–Crippen LogP) is -2.29. The number of imidazole rings is 1. The Balaban J connectivity index is 1.19. The van der Waals surface area contributed by atoms with Crippen molar-refractivity contribution < 1.29 is 43.8 Å². The predicted molar refractivity (Wildman–Crippen MR) is 313 cm³/mol. The van der Waals surface area contributed by atoms with Gasteiger partial charge >= 0.3 is 0 Å². The van der Waals surface area contributed by atoms with E-state index in [0.717, 1.165) is 51.9 Å². The standard InChI is InChI=1S/C53H79N19O9S2/c1-29-42(70-47(72-45(29)57)36(23-40(56)74)64-25-34(55)46(58)76)52(81)68-37(22-33-24-61-28-65-33)50(79)67-35(21-32-11-5-4-6-12-32)44(75)30(2)48(77)71-43(31(3)73)51(80)63-20-13-41-66-39(27-82-41)53-69-38(26-83-53)49(78)62-19-10-18-60-16-8-7-15-59-17-9-14-54/h4-6,11-12,24,26-28,30-31,34-37,43-44,59-60,64,73,75H,7-10,13-23,25,54-55H2,1-3H3,(H2,56,74)(H2,58,76)(H,61,65)(H,62,78)(H,63,80)(H,67,79)(H,68,81)(H,71,77)(H2,57,70,72)/t30-,31+,34-,35+,36-,37-,43-,44-/m0/s1. The number of primary amides is 2. The molecule has 5 aromatic rings. The molecule has 0 spiro atoms. The van der Waals surface area contributed by atoms with Gasteiger partial charge in [0.1, 0.15) is 45.8 Å². The van der Waals surface area contributed by atoms with Crippen LogP contribution in [0, 0.1) is 12.8 Å². The molecule has 0 saturated heterocycles. The first-order valence-electron chi connectivity index (χ1n) is 27.3. The molecule has 0 radical (unpaired) electrons. The summed E-state index contributed by atoms with van der Waals surface area (Å²) in [4.78, 5) is 117. The second-order valence-corrected chi connectivity index (χ2v) is 21.7. The molecule has 0 bridgehead atoms. The Bertz CT molecular complexity index is 2870. The Morgan fingerprint density at radius 1 is 0.759 bits per heavy atom. The third-order valence-electron chi connectivity index (χ3n) is 13.2. The number of nitrogen functional groups attached to an aromatic ring is 1. The van der Waals surface area contributed by atoms with Gasteiger partial charge in [-0.25, -0.2) is 24.9 Å². The number of carbonyl (C=O) groups is 7. The van der Waals surface area contributed by atoms with Crippen molar-refractivity contribution in [2.45, 2.75) is 115 Å². The smallest absolute Gasteiger partial charge is 0.271 e. The van der Waals surface area contributed by atoms with Crippen LogP contribution >= 0.6 is 22.7 Å². The van der Waals surface area contributed by atoms with E-state index in [4.69, 9.17) is 28.7 Å². The molecule has 0 fully saturated rings. The number of amides is 7. The average Bonchev–Trinajstić information content (AvgIpc) is 4.40. The van der Waals surface area contributed by atoms with E-state index in [1.165, 1.54) is 56.0 Å². The Morgan fingerprint density at radius 3 is 2.13 bits per heavy atom. The number of hydrogen-bond acceptors (Lipinski definition) is 22. The number of carbonyl (C=O) groups excluding carboxylic acids is 7. The quantitative estimate of drug-likeness (QED) is 0.0185. The molecule has 8 atom stereocenters. The van der Waals surface area contributed by atoms with Crippen molar-refractivity contribution in [3.63, 3.8) is 0 Å². The van der Waals surface area contributed by atoms with Gasteiger partial charge in [0.25, 0.3) is 11.8 Å². The van der Waals surface area contributed by atoms with Crippen LogP contribution in [0.2, 0.25) is 0 Å². The number of hydrogen-bond donors (Lipinski definition) is 16. The number of H-pyrrole nitrogens is 1. The van der Waals surface area contributed by atoms with Gasteiger partial charge in [-0.3, -0.25) is 33.6 Å². The number of benzene rings is 1. The van der Waals surface area contributed by atoms with E-state index in [2.05, 4.69) is 72.4 Å². The zero-order valence-electron chi connectivity index (χ0n) is 46.8. The van der Waals surface area contributed by atoms with Gasteiger partial charge in [-0.1, -0.05) is 37.3 Å². The molecular formula is C53H79N19O9S2. The molecule has 0 aliphatic rings. The molecule has 0 saturated carbocycles. The molecule has 452 valence electrons. The Kier molecular flexibility index (Phi) is 27.4. The van der Waals surface area contributed by atoms with Crippen LogP contribution < -0.4 is 71.2 Å². The summed E-state index contributed by atoms with van der Waals surface area (Å²) in [6.07, 6.45) is 3.47. The molecule has 21 N–H and O–H groups in total. The normalized spacial score (nSPS) is 14.3. The maximum absolute atomic E-state index is 14.5. The number of nitrogens with one attached hydrogen (secondary N) is 9. The number of aromatic nitrogens is 6. The summed E-state index contributed by atoms with van der Waals surface area (Å²) in [6.45, 7) is 8.86. The van der Waals surface area contributed by atoms with E-state index < -0.39 is 83.8 Å². The van der Waals surface area contributed by atoms with Gasteiger partial charge in [-0.05, 0) is 84.2 Å². The number of thiazole rings is 2. The summed E-state index contributed by atoms with van der Waals surface area (Å²) >= 11 is 2.63. The first-order valence-corrected chi connectivity index (χ1v) is 29.1. The highest BCUT2D eigenvalue weighted by Crippen LogP contribution is 2.26. The van der Waals surface area contributed by atoms with Crippen LogP contribution in [-0.2, 0) is 43.2 Å². The van der Waals surface area contributed by atoms with Crippen LogP contribution in [0.5, 0.6) is 0 Å². The van der Waals surface area contributed by atoms with Gasteiger partial charge in [0.15, 0.2) is 0 Å². The lowest BCUT2D eigenvalue weighted by molar-refractivity contribution is -0.136. The molecule has 7 amide bonds. The number of aromatic amines is 1. The first-order chi connectivity index (χ1) is 39.8. The van der Waals surface area contributed by atoms with Crippen molar-refractivity contribution in [1.29, 1.82) is 0 Å². The Hall–Kier alpha value is -7.42. The largest absolute Gasteiger partial charge is 0.391 e. The average molecular weight is 1190 g/mol. The second-order valence-electron chi connectivity index (χ2n) is 19.9. The van der Waals surface area contributed by atoms with E-state index in [1.54, 1.807) is 41.1 Å². The van der Waals surface area contributed by atoms with Crippen molar-refractivity contribution in [3.05, 3.63) is 92.7 Å². The Morgan fingerprint density at radius 2 is 1.47 bits per heavy atom. The van der Waals surface area contributed by atoms with E-state index in [0.29, 0.717) is 46.5 Å². The summed E-state index contributed by atoms with van der Waals surface area (Å²) in [7, 11) is 0. The van der Waals surface area contributed by atoms with Gasteiger partial charge in [0, 0.05) is 67.1 Å². The zero-order valence-corrected chi connectivity index (χ0v) is 48.5. The van der Waals surface area contributed by atoms with Crippen LogP contribution in [0.3, 0.4) is 0 Å². The Labute approximate surface area is 488 Å². The fourth-order valence-electron chi connectivity index (χ4n) is 8.31. The number of aliphatic hydroxyl groups excluding tert-OH is 2. The van der Waals surface area contributed by atoms with Crippen LogP contribution in [-0.4, -0.2) is 170 Å². The number of unbranched alkanes of at least 4 members (excludes halogenated alkanes) is 1. The highest BCUT2D eigenvalue weighted by Gasteiger charge is 2.36. The lowest BCUT2D eigenvalue weighted by Gasteiger charge is -2.31. The van der Waals surface area contributed by atoms with E-state index in [1.807, 2.05) is 0 Å². The van der Waals surface area contributed by atoms with Crippen molar-refractivity contribution >= 4 is 69.8 Å². The van der Waals surface area contributed by atoms with Crippen LogP contribution in [0.4, 0.5) is 5.82 Å². The van der Waals surface area contributed by atoms with Crippen molar-refractivity contribution in [2.24, 2.45) is 28.9 Å². The zero-order chi connectivity index (χ0) is 60.4. The van der Waals surface area contributed by atoms with Crippen molar-refractivity contribution in [2.75, 3.05) is 58.1 Å². The first kappa shape index (κ1) is 66.4. The summed E-state index contributed by atoms with van der Waals surface area (Å²) in [6, 6.07) is 2.57. The molecule has 5 rings (SSSR count). The van der Waals surface area contributed by atoms with Gasteiger partial charge in [-0.15, -0.1) is 22.7 Å². The monoisotopic (exact) mass is 1190 g/mol. The minimum atomic E-state index is -1.61. The summed E-state index contributed by atoms with van der Waals surface area (Å²) in [5.74, 6) is -6.66. The van der Waals surface area contributed by atoms with Crippen LogP contribution in [0.25, 0.3) is 10.7 Å². The number of aliphatic hydroxyl groups is 2. The third kappa shape index (κ3) is 21.7. The van der Waals surface area contributed by atoms with Crippen LogP contribution in [0.1, 0.15) is 101 Å². The van der Waals surface area contributed by atoms with E-state index >= 15 is 0 Å². The van der Waals surface area contributed by atoms with Gasteiger partial charge in [0.2, 0.25) is 29.5 Å². The molecule has 4 aromatic heterocycles. The number of nitrogens with two attached hydrogens (primary N) is 5. The van der Waals surface area contributed by atoms with Crippen molar-refractivity contribution in [3.8, 4) is 10.7 Å². The van der Waals surface area contributed by atoms with Gasteiger partial charge in [-0.2, -0.15) is 0 Å². The van der Waals surface area contributed by atoms with Crippen LogP contribution in [0.15, 0.2) is 53.6 Å². The molecule has 1 aromatic carbocycles. The molecule has 83 heavy (non-hydrogen) atoms. The minimum absolute atomic E-state index is 0.000834. The van der Waals surface area contributed by atoms with Gasteiger partial charge in [0.05, 0.1) is 47.6 Å². The van der Waals surface area contributed by atoms with E-state index in [-0.39, 0.29) is 66.9 Å². The number of rotatable bonds is 38. The summed E-state index contributed by atoms with van der Waals surface area (Å²) < 4.78 is 0. The molecule has 0 aliphatic carbocycles. The highest BCUT2D eigenvalue weighted by molar-refractivity contribution is 7.14. The lowest BCUT2D eigenvalue weighted by atomic mass is 9.91. The number of anilines is 1. The third-order valence-corrected chi connectivity index (χ3v) is 15.0. The second kappa shape index (κ2) is 34.2. The highest BCUT2D eigenvalue weighted by atomic mass is 32.1. The molecule has 0 aliphatic heterocycles. The lowest BCUT2D eigenvalue weighted by Crippen LogP contribution is -2.58. The molecule has 28 nitrogen and oxygen atoms in total. The van der Waals surface area contributed by atoms with Crippen molar-refractivity contribution in [1.82, 2.24) is 72.4 Å². The molecule has 0 unspecified atom stereocenters. The minimum Gasteiger partial charge on any atom is -0.391 e. The maximum atomic E-state index is 14.5.